The van der Waals surface area contributed by atoms with Gasteiger partial charge < -0.3 is 10.6 Å². The second-order valence-corrected chi connectivity index (χ2v) is 6.41. The summed E-state index contributed by atoms with van der Waals surface area (Å²) in [5.74, 6) is 0. The maximum Gasteiger partial charge on any atom is 0.175 e. The van der Waals surface area contributed by atoms with Gasteiger partial charge in [0, 0.05) is 31.6 Å². The molecule has 0 aromatic heterocycles. The minimum absolute atomic E-state index is 0.356. The van der Waals surface area contributed by atoms with Crippen LogP contribution in [0.1, 0.15) is 19.8 Å². The lowest BCUT2D eigenvalue weighted by Crippen LogP contribution is -2.30. The van der Waals surface area contributed by atoms with E-state index < -0.39 is 9.84 Å². The second-order valence-electron chi connectivity index (χ2n) is 4.40. The average Bonchev–Trinajstić information content (AvgIpc) is 2.33. The van der Waals surface area contributed by atoms with Gasteiger partial charge in [0.05, 0.1) is 4.90 Å². The lowest BCUT2D eigenvalue weighted by molar-refractivity contribution is 0.602. The van der Waals surface area contributed by atoms with Gasteiger partial charge in [-0.2, -0.15) is 0 Å². The molecular formula is C13H22N2O2S. The highest BCUT2D eigenvalue weighted by molar-refractivity contribution is 7.90. The monoisotopic (exact) mass is 270 g/mol. The third-order valence-electron chi connectivity index (χ3n) is 2.81. The number of unbranched alkanes of at least 4 members (excludes halogenated alkanes) is 1. The first kappa shape index (κ1) is 15.0. The molecule has 102 valence electrons. The van der Waals surface area contributed by atoms with Crippen molar-refractivity contribution in [3.05, 3.63) is 24.3 Å². The summed E-state index contributed by atoms with van der Waals surface area (Å²) in [7, 11) is -3.12. The van der Waals surface area contributed by atoms with Crippen molar-refractivity contribution in [1.82, 2.24) is 0 Å². The Balaban J connectivity index is 2.86. The first-order valence-corrected chi connectivity index (χ1v) is 8.13. The SMILES string of the molecule is CCCCN(CCN)c1ccc(S(C)(=O)=O)cc1. The summed E-state index contributed by atoms with van der Waals surface area (Å²) in [6.45, 7) is 4.48. The van der Waals surface area contributed by atoms with E-state index in [1.807, 2.05) is 12.1 Å². The van der Waals surface area contributed by atoms with Gasteiger partial charge in [-0.05, 0) is 30.7 Å². The van der Waals surface area contributed by atoms with Gasteiger partial charge in [-0.15, -0.1) is 0 Å². The molecular weight excluding hydrogens is 248 g/mol. The van der Waals surface area contributed by atoms with Gasteiger partial charge in [0.25, 0.3) is 0 Å². The van der Waals surface area contributed by atoms with E-state index in [-0.39, 0.29) is 0 Å². The highest BCUT2D eigenvalue weighted by Gasteiger charge is 2.09. The second kappa shape index (κ2) is 6.75. The van der Waals surface area contributed by atoms with Crippen LogP contribution in [0.2, 0.25) is 0 Å². The molecule has 1 aromatic rings. The zero-order valence-electron chi connectivity index (χ0n) is 11.1. The van der Waals surface area contributed by atoms with Crippen molar-refractivity contribution in [2.45, 2.75) is 24.7 Å². The van der Waals surface area contributed by atoms with Crippen LogP contribution in [-0.4, -0.2) is 34.3 Å². The van der Waals surface area contributed by atoms with Gasteiger partial charge in [-0.3, -0.25) is 0 Å². The Morgan fingerprint density at radius 2 is 1.78 bits per heavy atom. The molecule has 0 fully saturated rings. The predicted molar refractivity (Wildman–Crippen MR) is 75.7 cm³/mol. The molecule has 5 heteroatoms. The summed E-state index contributed by atoms with van der Waals surface area (Å²) < 4.78 is 22.8. The Hall–Kier alpha value is -1.07. The number of benzene rings is 1. The lowest BCUT2D eigenvalue weighted by Gasteiger charge is -2.24. The maximum atomic E-state index is 11.4. The zero-order chi connectivity index (χ0) is 13.6. The van der Waals surface area contributed by atoms with Crippen molar-refractivity contribution in [3.8, 4) is 0 Å². The van der Waals surface area contributed by atoms with E-state index in [1.54, 1.807) is 12.1 Å². The molecule has 0 bridgehead atoms. The van der Waals surface area contributed by atoms with Crippen molar-refractivity contribution in [2.75, 3.05) is 30.8 Å². The number of hydrogen-bond donors (Lipinski definition) is 1. The van der Waals surface area contributed by atoms with E-state index >= 15 is 0 Å². The quantitative estimate of drug-likeness (QED) is 0.818. The molecule has 0 heterocycles. The highest BCUT2D eigenvalue weighted by Crippen LogP contribution is 2.18. The van der Waals surface area contributed by atoms with Crippen LogP contribution in [0.15, 0.2) is 29.2 Å². The van der Waals surface area contributed by atoms with E-state index in [0.29, 0.717) is 11.4 Å². The van der Waals surface area contributed by atoms with E-state index in [4.69, 9.17) is 5.73 Å². The zero-order valence-corrected chi connectivity index (χ0v) is 11.9. The summed E-state index contributed by atoms with van der Waals surface area (Å²) in [6, 6.07) is 7.00. The van der Waals surface area contributed by atoms with E-state index in [0.717, 1.165) is 31.6 Å². The fourth-order valence-electron chi connectivity index (χ4n) is 1.78. The molecule has 0 atom stereocenters. The molecule has 0 unspecified atom stereocenters. The number of sulfone groups is 1. The number of hydrogen-bond acceptors (Lipinski definition) is 4. The normalized spacial score (nSPS) is 11.5. The van der Waals surface area contributed by atoms with Crippen LogP contribution < -0.4 is 10.6 Å². The Labute approximate surface area is 110 Å². The molecule has 18 heavy (non-hydrogen) atoms. The molecule has 2 N–H and O–H groups in total. The van der Waals surface area contributed by atoms with E-state index in [9.17, 15) is 8.42 Å². The lowest BCUT2D eigenvalue weighted by atomic mass is 10.2. The molecule has 0 saturated carbocycles. The third-order valence-corrected chi connectivity index (χ3v) is 3.94. The minimum Gasteiger partial charge on any atom is -0.370 e. The predicted octanol–water partition coefficient (Wildman–Crippen LogP) is 1.66. The van der Waals surface area contributed by atoms with Crippen LogP contribution in [0, 0.1) is 0 Å². The minimum atomic E-state index is -3.12. The molecule has 1 rings (SSSR count). The molecule has 0 amide bonds. The van der Waals surface area contributed by atoms with Crippen molar-refractivity contribution in [2.24, 2.45) is 5.73 Å². The smallest absolute Gasteiger partial charge is 0.175 e. The Bertz CT molecular complexity index is 454. The summed E-state index contributed by atoms with van der Waals surface area (Å²) in [6.07, 6.45) is 3.45. The highest BCUT2D eigenvalue weighted by atomic mass is 32.2. The summed E-state index contributed by atoms with van der Waals surface area (Å²) in [5.41, 5.74) is 6.63. The number of nitrogens with zero attached hydrogens (tertiary/aromatic N) is 1. The Morgan fingerprint density at radius 3 is 2.22 bits per heavy atom. The molecule has 0 aliphatic heterocycles. The molecule has 4 nitrogen and oxygen atoms in total. The van der Waals surface area contributed by atoms with Gasteiger partial charge >= 0.3 is 0 Å². The summed E-state index contributed by atoms with van der Waals surface area (Å²) in [4.78, 5) is 2.55. The largest absolute Gasteiger partial charge is 0.370 e. The van der Waals surface area contributed by atoms with Crippen LogP contribution in [0.3, 0.4) is 0 Å². The van der Waals surface area contributed by atoms with Crippen molar-refractivity contribution < 1.29 is 8.42 Å². The van der Waals surface area contributed by atoms with Gasteiger partial charge in [0.1, 0.15) is 0 Å². The molecule has 1 aromatic carbocycles. The number of rotatable bonds is 7. The molecule has 0 aliphatic carbocycles. The third kappa shape index (κ3) is 4.31. The number of nitrogens with two attached hydrogens (primary N) is 1. The summed E-state index contributed by atoms with van der Waals surface area (Å²) in [5, 5.41) is 0. The molecule has 0 aliphatic rings. The van der Waals surface area contributed by atoms with Crippen LogP contribution in [0.5, 0.6) is 0 Å². The van der Waals surface area contributed by atoms with Crippen molar-refractivity contribution in [1.29, 1.82) is 0 Å². The van der Waals surface area contributed by atoms with Crippen LogP contribution in [0.25, 0.3) is 0 Å². The molecule has 0 radical (unpaired) electrons. The fraction of sp³-hybridized carbons (Fsp3) is 0.538. The Morgan fingerprint density at radius 1 is 1.17 bits per heavy atom. The van der Waals surface area contributed by atoms with Gasteiger partial charge in [-0.25, -0.2) is 8.42 Å². The summed E-state index contributed by atoms with van der Waals surface area (Å²) >= 11 is 0. The topological polar surface area (TPSA) is 63.4 Å². The van der Waals surface area contributed by atoms with Crippen molar-refractivity contribution >= 4 is 15.5 Å². The van der Waals surface area contributed by atoms with E-state index in [2.05, 4.69) is 11.8 Å². The molecule has 0 spiro atoms. The first-order valence-electron chi connectivity index (χ1n) is 6.24. The maximum absolute atomic E-state index is 11.4. The van der Waals surface area contributed by atoms with E-state index in [1.165, 1.54) is 6.26 Å². The van der Waals surface area contributed by atoms with Gasteiger partial charge in [0.2, 0.25) is 0 Å². The van der Waals surface area contributed by atoms with Crippen LogP contribution in [-0.2, 0) is 9.84 Å². The van der Waals surface area contributed by atoms with Crippen LogP contribution >= 0.6 is 0 Å². The first-order chi connectivity index (χ1) is 8.49. The van der Waals surface area contributed by atoms with Crippen LogP contribution in [0.4, 0.5) is 5.69 Å². The van der Waals surface area contributed by atoms with Crippen molar-refractivity contribution in [3.63, 3.8) is 0 Å². The molecule has 0 saturated heterocycles. The standard InChI is InChI=1S/C13H22N2O2S/c1-3-4-10-15(11-9-14)12-5-7-13(8-6-12)18(2,16)17/h5-8H,3-4,9-11,14H2,1-2H3. The Kier molecular flexibility index (Phi) is 5.62. The number of anilines is 1. The average molecular weight is 270 g/mol. The van der Waals surface area contributed by atoms with Gasteiger partial charge in [-0.1, -0.05) is 13.3 Å². The van der Waals surface area contributed by atoms with Gasteiger partial charge in [0.15, 0.2) is 9.84 Å². The fourth-order valence-corrected chi connectivity index (χ4v) is 2.41.